The van der Waals surface area contributed by atoms with Gasteiger partial charge in [0.25, 0.3) is 0 Å². The molecule has 0 unspecified atom stereocenters. The fraction of sp³-hybridized carbons (Fsp3) is 0.846. The van der Waals surface area contributed by atoms with Gasteiger partial charge < -0.3 is 9.47 Å². The monoisotopic (exact) mass is 214 g/mol. The number of unbranched alkanes of at least 4 members (excludes halogenated alkanes) is 2. The van der Waals surface area contributed by atoms with Gasteiger partial charge in [-0.05, 0) is 39.5 Å². The second-order valence-electron chi connectivity index (χ2n) is 3.53. The predicted molar refractivity (Wildman–Crippen MR) is 64.9 cm³/mol. The summed E-state index contributed by atoms with van der Waals surface area (Å²) in [6.45, 7) is 7.68. The van der Waals surface area contributed by atoms with Gasteiger partial charge in [0, 0.05) is 13.2 Å². The fourth-order valence-electron chi connectivity index (χ4n) is 1.39. The van der Waals surface area contributed by atoms with Crippen LogP contribution in [0.2, 0.25) is 0 Å². The lowest BCUT2D eigenvalue weighted by Crippen LogP contribution is -2.16. The fourth-order valence-corrected chi connectivity index (χ4v) is 1.39. The van der Waals surface area contributed by atoms with Crippen LogP contribution in [0.5, 0.6) is 0 Å². The van der Waals surface area contributed by atoms with E-state index in [-0.39, 0.29) is 6.29 Å². The molecular weight excluding hydrogens is 188 g/mol. The molecule has 0 aromatic heterocycles. The number of hydrogen-bond acceptors (Lipinski definition) is 2. The smallest absolute Gasteiger partial charge is 0.157 e. The van der Waals surface area contributed by atoms with Crippen molar-refractivity contribution in [1.82, 2.24) is 0 Å². The van der Waals surface area contributed by atoms with Crippen LogP contribution < -0.4 is 0 Å². The molecule has 0 aliphatic heterocycles. The van der Waals surface area contributed by atoms with Gasteiger partial charge in [0.05, 0.1) is 0 Å². The van der Waals surface area contributed by atoms with E-state index in [4.69, 9.17) is 9.47 Å². The molecule has 0 bridgehead atoms. The second-order valence-corrected chi connectivity index (χ2v) is 3.53. The Morgan fingerprint density at radius 2 is 1.53 bits per heavy atom. The van der Waals surface area contributed by atoms with Gasteiger partial charge in [0.15, 0.2) is 6.29 Å². The summed E-state index contributed by atoms with van der Waals surface area (Å²) in [7, 11) is 0. The van der Waals surface area contributed by atoms with Crippen LogP contribution in [0.3, 0.4) is 0 Å². The Kier molecular flexibility index (Phi) is 11.5. The van der Waals surface area contributed by atoms with Crippen molar-refractivity contribution in [2.75, 3.05) is 13.2 Å². The largest absolute Gasteiger partial charge is 0.353 e. The van der Waals surface area contributed by atoms with Crippen molar-refractivity contribution < 1.29 is 9.47 Å². The summed E-state index contributed by atoms with van der Waals surface area (Å²) in [4.78, 5) is 0. The predicted octanol–water partition coefficient (Wildman–Crippen LogP) is 3.91. The maximum absolute atomic E-state index is 5.46. The molecule has 0 aliphatic rings. The summed E-state index contributed by atoms with van der Waals surface area (Å²) in [5, 5.41) is 0. The Hall–Kier alpha value is -0.340. The van der Waals surface area contributed by atoms with E-state index in [2.05, 4.69) is 19.1 Å². The molecule has 0 atom stereocenters. The lowest BCUT2D eigenvalue weighted by atomic mass is 10.2. The highest BCUT2D eigenvalue weighted by Crippen LogP contribution is 2.07. The van der Waals surface area contributed by atoms with Crippen LogP contribution in [0, 0.1) is 0 Å². The quantitative estimate of drug-likeness (QED) is 0.312. The average molecular weight is 214 g/mol. The molecule has 90 valence electrons. The molecule has 0 rings (SSSR count). The van der Waals surface area contributed by atoms with Crippen molar-refractivity contribution in [1.29, 1.82) is 0 Å². The van der Waals surface area contributed by atoms with Crippen LogP contribution in [0.15, 0.2) is 12.2 Å². The van der Waals surface area contributed by atoms with E-state index >= 15 is 0 Å². The third-order valence-electron chi connectivity index (χ3n) is 2.14. The highest BCUT2D eigenvalue weighted by Gasteiger charge is 2.05. The molecule has 0 spiro atoms. The minimum atomic E-state index is -0.000393. The highest BCUT2D eigenvalue weighted by atomic mass is 16.7. The normalized spacial score (nSPS) is 11.7. The van der Waals surface area contributed by atoms with Gasteiger partial charge in [-0.15, -0.1) is 0 Å². The topological polar surface area (TPSA) is 18.5 Å². The van der Waals surface area contributed by atoms with E-state index in [0.29, 0.717) is 0 Å². The third-order valence-corrected chi connectivity index (χ3v) is 2.14. The van der Waals surface area contributed by atoms with Crippen molar-refractivity contribution in [3.8, 4) is 0 Å². The first-order valence-corrected chi connectivity index (χ1v) is 6.23. The average Bonchev–Trinajstić information content (AvgIpc) is 2.24. The van der Waals surface area contributed by atoms with Crippen molar-refractivity contribution >= 4 is 0 Å². The minimum Gasteiger partial charge on any atom is -0.353 e. The summed E-state index contributed by atoms with van der Waals surface area (Å²) < 4.78 is 10.9. The SMILES string of the molecule is CCC/C=C/CCCC(OCC)OCC. The van der Waals surface area contributed by atoms with Gasteiger partial charge in [-0.25, -0.2) is 0 Å². The summed E-state index contributed by atoms with van der Waals surface area (Å²) in [5.74, 6) is 0. The highest BCUT2D eigenvalue weighted by molar-refractivity contribution is 4.80. The summed E-state index contributed by atoms with van der Waals surface area (Å²) in [5.41, 5.74) is 0. The summed E-state index contributed by atoms with van der Waals surface area (Å²) in [6.07, 6.45) is 10.2. The number of hydrogen-bond donors (Lipinski definition) is 0. The summed E-state index contributed by atoms with van der Waals surface area (Å²) in [6, 6.07) is 0. The van der Waals surface area contributed by atoms with Crippen LogP contribution in [0.4, 0.5) is 0 Å². The van der Waals surface area contributed by atoms with Gasteiger partial charge in [-0.1, -0.05) is 25.5 Å². The standard InChI is InChI=1S/C13H26O2/c1-4-7-8-9-10-11-12-13(14-5-2)15-6-3/h8-9,13H,4-7,10-12H2,1-3H3/b9-8+. The van der Waals surface area contributed by atoms with E-state index in [0.717, 1.165) is 32.5 Å². The molecule has 0 amide bonds. The van der Waals surface area contributed by atoms with Gasteiger partial charge in [-0.3, -0.25) is 0 Å². The molecule has 0 radical (unpaired) electrons. The van der Waals surface area contributed by atoms with E-state index in [1.807, 2.05) is 13.8 Å². The Bertz CT molecular complexity index is 137. The molecule has 0 heterocycles. The Morgan fingerprint density at radius 3 is 2.07 bits per heavy atom. The van der Waals surface area contributed by atoms with Crippen LogP contribution in [0.1, 0.15) is 52.9 Å². The van der Waals surface area contributed by atoms with Crippen molar-refractivity contribution in [3.05, 3.63) is 12.2 Å². The van der Waals surface area contributed by atoms with Crippen molar-refractivity contribution in [3.63, 3.8) is 0 Å². The zero-order chi connectivity index (χ0) is 11.4. The Balaban J connectivity index is 3.43. The van der Waals surface area contributed by atoms with E-state index in [9.17, 15) is 0 Å². The first-order chi connectivity index (χ1) is 7.35. The molecule has 0 saturated carbocycles. The number of rotatable bonds is 10. The molecule has 0 saturated heterocycles. The third kappa shape index (κ3) is 9.95. The molecule has 2 heteroatoms. The van der Waals surface area contributed by atoms with Crippen LogP contribution >= 0.6 is 0 Å². The first-order valence-electron chi connectivity index (χ1n) is 6.23. The molecule has 15 heavy (non-hydrogen) atoms. The zero-order valence-corrected chi connectivity index (χ0v) is 10.5. The van der Waals surface area contributed by atoms with Gasteiger partial charge in [0.1, 0.15) is 0 Å². The van der Waals surface area contributed by atoms with Gasteiger partial charge in [-0.2, -0.15) is 0 Å². The lowest BCUT2D eigenvalue weighted by Gasteiger charge is -2.15. The van der Waals surface area contributed by atoms with E-state index in [1.165, 1.54) is 12.8 Å². The van der Waals surface area contributed by atoms with Gasteiger partial charge in [0.2, 0.25) is 0 Å². The maximum atomic E-state index is 5.46. The van der Waals surface area contributed by atoms with Crippen molar-refractivity contribution in [2.45, 2.75) is 59.2 Å². The molecule has 0 fully saturated rings. The van der Waals surface area contributed by atoms with E-state index in [1.54, 1.807) is 0 Å². The lowest BCUT2D eigenvalue weighted by molar-refractivity contribution is -0.139. The van der Waals surface area contributed by atoms with E-state index < -0.39 is 0 Å². The number of ether oxygens (including phenoxy) is 2. The molecule has 2 nitrogen and oxygen atoms in total. The molecular formula is C13H26O2. The van der Waals surface area contributed by atoms with Crippen LogP contribution in [-0.4, -0.2) is 19.5 Å². The molecule has 0 N–H and O–H groups in total. The maximum Gasteiger partial charge on any atom is 0.157 e. The Labute approximate surface area is 94.7 Å². The van der Waals surface area contributed by atoms with Crippen LogP contribution in [-0.2, 0) is 9.47 Å². The first kappa shape index (κ1) is 14.7. The van der Waals surface area contributed by atoms with Crippen molar-refractivity contribution in [2.24, 2.45) is 0 Å². The molecule has 0 aliphatic carbocycles. The molecule has 0 aromatic rings. The van der Waals surface area contributed by atoms with Crippen LogP contribution in [0.25, 0.3) is 0 Å². The zero-order valence-electron chi connectivity index (χ0n) is 10.5. The Morgan fingerprint density at radius 1 is 0.933 bits per heavy atom. The summed E-state index contributed by atoms with van der Waals surface area (Å²) >= 11 is 0. The second kappa shape index (κ2) is 11.7. The number of allylic oxidation sites excluding steroid dienone is 2. The van der Waals surface area contributed by atoms with Gasteiger partial charge >= 0.3 is 0 Å². The molecule has 0 aromatic carbocycles. The minimum absolute atomic E-state index is 0.000393.